The Balaban J connectivity index is 3.16. The zero-order valence-electron chi connectivity index (χ0n) is 9.96. The molecule has 1 rings (SSSR count). The normalized spacial score (nSPS) is 13.2. The summed E-state index contributed by atoms with van der Waals surface area (Å²) in [5, 5.41) is 9.20. The van der Waals surface area contributed by atoms with Crippen molar-refractivity contribution in [3.63, 3.8) is 0 Å². The van der Waals surface area contributed by atoms with Crippen molar-refractivity contribution in [2.24, 2.45) is 0 Å². The number of hydrogen-bond donors (Lipinski definition) is 1. The molecule has 83 valence electrons. The number of benzene rings is 1. The van der Waals surface area contributed by atoms with E-state index in [4.69, 9.17) is 0 Å². The molecule has 0 heterocycles. The van der Waals surface area contributed by atoms with E-state index in [1.165, 1.54) is 16.7 Å². The first kappa shape index (κ1) is 12.3. The van der Waals surface area contributed by atoms with Crippen molar-refractivity contribution in [3.05, 3.63) is 41.8 Å². The van der Waals surface area contributed by atoms with Gasteiger partial charge in [-0.05, 0) is 36.0 Å². The Morgan fingerprint density at radius 2 is 1.93 bits per heavy atom. The summed E-state index contributed by atoms with van der Waals surface area (Å²) in [6.07, 6.45) is 1.03. The monoisotopic (exact) mass is 205 g/mol. The van der Waals surface area contributed by atoms with Crippen LogP contribution in [0.1, 0.15) is 49.3 Å². The van der Waals surface area contributed by atoms with E-state index < -0.39 is 0 Å². The maximum atomic E-state index is 9.20. The molecule has 1 heteroatoms. The largest absolute Gasteiger partial charge is 0.396 e. The van der Waals surface area contributed by atoms with Crippen LogP contribution in [0, 0.1) is 6.92 Å². The highest BCUT2D eigenvalue weighted by molar-refractivity contribution is 5.37. The molecule has 0 spiro atoms. The highest BCUT2D eigenvalue weighted by Gasteiger charge is 2.12. The lowest BCUT2D eigenvalue weighted by Gasteiger charge is -2.18. The molecule has 1 atom stereocenters. The van der Waals surface area contributed by atoms with E-state index in [1.807, 2.05) is 0 Å². The summed E-state index contributed by atoms with van der Waals surface area (Å²) < 4.78 is 0. The van der Waals surface area contributed by atoms with Crippen LogP contribution in [0.25, 0.3) is 0 Å². The van der Waals surface area contributed by atoms with Gasteiger partial charge in [-0.3, -0.25) is 0 Å². The average molecular weight is 205 g/mol. The topological polar surface area (TPSA) is 20.2 Å². The van der Waals surface area contributed by atoms with Crippen molar-refractivity contribution in [3.8, 4) is 0 Å². The van der Waals surface area contributed by atoms with Gasteiger partial charge in [-0.1, -0.05) is 39.0 Å². The van der Waals surface area contributed by atoms with Gasteiger partial charge < -0.3 is 5.11 Å². The average Bonchev–Trinajstić information content (AvgIpc) is 2.26. The highest BCUT2D eigenvalue weighted by atomic mass is 16.3. The fourth-order valence-corrected chi connectivity index (χ4v) is 1.82. The molecule has 0 fully saturated rings. The molecule has 0 saturated heterocycles. The molecule has 1 unspecified atom stereocenters. The number of aliphatic hydroxyl groups excluding tert-OH is 1. The number of aryl methyl sites for hydroxylation is 1. The van der Waals surface area contributed by atoms with E-state index in [9.17, 15) is 5.11 Å². The van der Waals surface area contributed by atoms with Crippen LogP contribution in [0.5, 0.6) is 0 Å². The van der Waals surface area contributed by atoms with Crippen molar-refractivity contribution < 1.29 is 5.11 Å². The third-order valence-electron chi connectivity index (χ3n) is 2.84. The zero-order chi connectivity index (χ0) is 11.4. The van der Waals surface area contributed by atoms with Gasteiger partial charge in [-0.25, -0.2) is 0 Å². The van der Waals surface area contributed by atoms with Crippen LogP contribution in [0.15, 0.2) is 18.2 Å². The Labute approximate surface area is 93.1 Å². The lowest BCUT2D eigenvalue weighted by molar-refractivity contribution is 0.282. The SMILES string of the molecule is [CH2]C(CO)c1cc(CC)ccc1C(C)C. The Hall–Kier alpha value is -0.820. The Morgan fingerprint density at radius 1 is 1.27 bits per heavy atom. The van der Waals surface area contributed by atoms with Gasteiger partial charge in [0.05, 0.1) is 0 Å². The van der Waals surface area contributed by atoms with Gasteiger partial charge in [0.15, 0.2) is 0 Å². The molecular weight excluding hydrogens is 184 g/mol. The van der Waals surface area contributed by atoms with Crippen LogP contribution in [-0.4, -0.2) is 11.7 Å². The quantitative estimate of drug-likeness (QED) is 0.799. The maximum absolute atomic E-state index is 9.20. The second-order valence-corrected chi connectivity index (χ2v) is 4.35. The first-order valence-electron chi connectivity index (χ1n) is 5.66. The van der Waals surface area contributed by atoms with Gasteiger partial charge in [0, 0.05) is 12.5 Å². The second-order valence-electron chi connectivity index (χ2n) is 4.35. The molecule has 0 amide bonds. The zero-order valence-corrected chi connectivity index (χ0v) is 9.96. The maximum Gasteiger partial charge on any atom is 0.0499 e. The van der Waals surface area contributed by atoms with Gasteiger partial charge in [0.1, 0.15) is 0 Å². The Morgan fingerprint density at radius 3 is 2.40 bits per heavy atom. The van der Waals surface area contributed by atoms with Crippen LogP contribution >= 0.6 is 0 Å². The fourth-order valence-electron chi connectivity index (χ4n) is 1.82. The number of hydrogen-bond acceptors (Lipinski definition) is 1. The van der Waals surface area contributed by atoms with Crippen molar-refractivity contribution in [1.82, 2.24) is 0 Å². The molecule has 1 aromatic rings. The molecular formula is C14H21O. The molecule has 1 N–H and O–H groups in total. The minimum Gasteiger partial charge on any atom is -0.396 e. The van der Waals surface area contributed by atoms with Crippen molar-refractivity contribution in [1.29, 1.82) is 0 Å². The number of aliphatic hydroxyl groups is 1. The van der Waals surface area contributed by atoms with E-state index >= 15 is 0 Å². The molecule has 0 saturated carbocycles. The van der Waals surface area contributed by atoms with Crippen molar-refractivity contribution in [2.75, 3.05) is 6.61 Å². The van der Waals surface area contributed by atoms with Crippen LogP contribution in [0.3, 0.4) is 0 Å². The third kappa shape index (κ3) is 2.82. The van der Waals surface area contributed by atoms with Gasteiger partial charge in [-0.15, -0.1) is 0 Å². The molecule has 0 bridgehead atoms. The number of rotatable bonds is 4. The molecule has 0 aromatic heterocycles. The van der Waals surface area contributed by atoms with Crippen LogP contribution in [0.2, 0.25) is 0 Å². The molecule has 0 aliphatic carbocycles. The Bertz CT molecular complexity index is 315. The van der Waals surface area contributed by atoms with Gasteiger partial charge in [0.25, 0.3) is 0 Å². The fraction of sp³-hybridized carbons (Fsp3) is 0.500. The lowest BCUT2D eigenvalue weighted by Crippen LogP contribution is -2.05. The van der Waals surface area contributed by atoms with E-state index in [0.717, 1.165) is 6.42 Å². The third-order valence-corrected chi connectivity index (χ3v) is 2.84. The van der Waals surface area contributed by atoms with Crippen LogP contribution < -0.4 is 0 Å². The van der Waals surface area contributed by atoms with Gasteiger partial charge in [0.2, 0.25) is 0 Å². The summed E-state index contributed by atoms with van der Waals surface area (Å²) in [5.41, 5.74) is 3.82. The van der Waals surface area contributed by atoms with Gasteiger partial charge in [-0.2, -0.15) is 0 Å². The summed E-state index contributed by atoms with van der Waals surface area (Å²) in [6, 6.07) is 6.53. The standard InChI is InChI=1S/C14H21O/c1-5-12-6-7-13(10(2)3)14(8-12)11(4)9-15/h6-8,10-11,15H,4-5,9H2,1-3H3. The molecule has 15 heavy (non-hydrogen) atoms. The lowest BCUT2D eigenvalue weighted by atomic mass is 9.88. The minimum absolute atomic E-state index is 0.00565. The predicted molar refractivity (Wildman–Crippen MR) is 65.1 cm³/mol. The second kappa shape index (κ2) is 5.32. The molecule has 1 aromatic carbocycles. The smallest absolute Gasteiger partial charge is 0.0499 e. The highest BCUT2D eigenvalue weighted by Crippen LogP contribution is 2.27. The van der Waals surface area contributed by atoms with Crippen LogP contribution in [-0.2, 0) is 6.42 Å². The first-order valence-corrected chi connectivity index (χ1v) is 5.66. The van der Waals surface area contributed by atoms with E-state index in [2.05, 4.69) is 45.9 Å². The van der Waals surface area contributed by atoms with Crippen molar-refractivity contribution >= 4 is 0 Å². The summed E-state index contributed by atoms with van der Waals surface area (Å²) in [5.74, 6) is 0.482. The molecule has 0 aliphatic rings. The predicted octanol–water partition coefficient (Wildman–Crippen LogP) is 3.28. The van der Waals surface area contributed by atoms with E-state index in [1.54, 1.807) is 0 Å². The minimum atomic E-state index is -0.00565. The van der Waals surface area contributed by atoms with E-state index in [0.29, 0.717) is 5.92 Å². The van der Waals surface area contributed by atoms with Gasteiger partial charge >= 0.3 is 0 Å². The van der Waals surface area contributed by atoms with Crippen LogP contribution in [0.4, 0.5) is 0 Å². The summed E-state index contributed by atoms with van der Waals surface area (Å²) in [4.78, 5) is 0. The van der Waals surface area contributed by atoms with E-state index in [-0.39, 0.29) is 12.5 Å². The first-order chi connectivity index (χ1) is 7.10. The van der Waals surface area contributed by atoms with Crippen molar-refractivity contribution in [2.45, 2.75) is 39.0 Å². The molecule has 1 nitrogen and oxygen atoms in total. The molecule has 0 aliphatic heterocycles. The Kier molecular flexibility index (Phi) is 4.34. The summed E-state index contributed by atoms with van der Waals surface area (Å²) in [7, 11) is 0. The summed E-state index contributed by atoms with van der Waals surface area (Å²) >= 11 is 0. The summed E-state index contributed by atoms with van der Waals surface area (Å²) in [6.45, 7) is 10.6. The molecule has 1 radical (unpaired) electrons.